The molecule has 7 nitrogen and oxygen atoms in total. The molecule has 0 aliphatic heterocycles. The van der Waals surface area contributed by atoms with Gasteiger partial charge in [0.1, 0.15) is 5.75 Å². The summed E-state index contributed by atoms with van der Waals surface area (Å²) in [6.07, 6.45) is 0. The second-order valence-corrected chi connectivity index (χ2v) is 7.77. The standard InChI is InChI=1S/C19H25N3O4S/c1-4-26-17-9-11-18(12-10-17)27(24,25)21-16-7-5-15(6-8-16)19(23)22(3)14(2)13-20/h5-12,14,21H,4,13,20H2,1-3H3. The summed E-state index contributed by atoms with van der Waals surface area (Å²) in [4.78, 5) is 14.1. The SMILES string of the molecule is CCOc1ccc(S(=O)(=O)Nc2ccc(C(=O)N(C)C(C)CN)cc2)cc1. The Bertz CT molecular complexity index is 865. The summed E-state index contributed by atoms with van der Waals surface area (Å²) in [6, 6.07) is 12.4. The fraction of sp³-hybridized carbons (Fsp3) is 0.316. The zero-order valence-electron chi connectivity index (χ0n) is 15.7. The van der Waals surface area contributed by atoms with Crippen LogP contribution in [0.25, 0.3) is 0 Å². The fourth-order valence-corrected chi connectivity index (χ4v) is 3.40. The van der Waals surface area contributed by atoms with Crippen molar-refractivity contribution in [1.82, 2.24) is 4.90 Å². The molecule has 1 unspecified atom stereocenters. The number of carbonyl (C=O) groups excluding carboxylic acids is 1. The Labute approximate surface area is 160 Å². The highest BCUT2D eigenvalue weighted by atomic mass is 32.2. The van der Waals surface area contributed by atoms with Crippen molar-refractivity contribution in [1.29, 1.82) is 0 Å². The van der Waals surface area contributed by atoms with Crippen molar-refractivity contribution in [3.63, 3.8) is 0 Å². The average molecular weight is 391 g/mol. The lowest BCUT2D eigenvalue weighted by molar-refractivity contribution is 0.0748. The van der Waals surface area contributed by atoms with E-state index in [1.807, 2.05) is 13.8 Å². The number of hydrogen-bond donors (Lipinski definition) is 2. The van der Waals surface area contributed by atoms with E-state index in [9.17, 15) is 13.2 Å². The molecule has 0 saturated carbocycles. The van der Waals surface area contributed by atoms with E-state index < -0.39 is 10.0 Å². The molecule has 8 heteroatoms. The molecule has 0 aliphatic rings. The molecule has 0 saturated heterocycles. The number of sulfonamides is 1. The lowest BCUT2D eigenvalue weighted by Crippen LogP contribution is -2.39. The molecule has 0 bridgehead atoms. The van der Waals surface area contributed by atoms with Gasteiger partial charge in [-0.25, -0.2) is 8.42 Å². The molecule has 2 rings (SSSR count). The molecule has 1 atom stereocenters. The van der Waals surface area contributed by atoms with Gasteiger partial charge in [-0.1, -0.05) is 0 Å². The van der Waals surface area contributed by atoms with Crippen LogP contribution in [0, 0.1) is 0 Å². The van der Waals surface area contributed by atoms with Crippen LogP contribution in [-0.4, -0.2) is 45.5 Å². The van der Waals surface area contributed by atoms with Crippen LogP contribution < -0.4 is 15.2 Å². The molecule has 0 heterocycles. The van der Waals surface area contributed by atoms with Gasteiger partial charge in [-0.2, -0.15) is 0 Å². The van der Waals surface area contributed by atoms with E-state index in [1.54, 1.807) is 48.3 Å². The Morgan fingerprint density at radius 2 is 1.74 bits per heavy atom. The van der Waals surface area contributed by atoms with Gasteiger partial charge in [-0.05, 0) is 62.4 Å². The molecule has 146 valence electrons. The van der Waals surface area contributed by atoms with Crippen LogP contribution in [-0.2, 0) is 10.0 Å². The number of carbonyl (C=O) groups is 1. The molecule has 0 aliphatic carbocycles. The Morgan fingerprint density at radius 1 is 1.15 bits per heavy atom. The second kappa shape index (κ2) is 8.88. The molecule has 0 spiro atoms. The Kier molecular flexibility index (Phi) is 6.81. The van der Waals surface area contributed by atoms with Crippen LogP contribution in [0.5, 0.6) is 5.75 Å². The lowest BCUT2D eigenvalue weighted by atomic mass is 10.1. The Hall–Kier alpha value is -2.58. The third-order valence-electron chi connectivity index (χ3n) is 4.15. The molecule has 1 amide bonds. The minimum atomic E-state index is -3.73. The fourth-order valence-electron chi connectivity index (χ4n) is 2.34. The van der Waals surface area contributed by atoms with Gasteiger partial charge in [0.15, 0.2) is 0 Å². The van der Waals surface area contributed by atoms with Gasteiger partial charge in [-0.3, -0.25) is 9.52 Å². The molecule has 2 aromatic carbocycles. The number of ether oxygens (including phenoxy) is 1. The van der Waals surface area contributed by atoms with Crippen molar-refractivity contribution >= 4 is 21.6 Å². The van der Waals surface area contributed by atoms with Crippen LogP contribution >= 0.6 is 0 Å². The maximum Gasteiger partial charge on any atom is 0.261 e. The molecular formula is C19H25N3O4S. The molecule has 2 aromatic rings. The van der Waals surface area contributed by atoms with Gasteiger partial charge in [0, 0.05) is 30.9 Å². The van der Waals surface area contributed by atoms with Crippen molar-refractivity contribution < 1.29 is 17.9 Å². The van der Waals surface area contributed by atoms with Gasteiger partial charge in [0.25, 0.3) is 15.9 Å². The van der Waals surface area contributed by atoms with E-state index in [4.69, 9.17) is 10.5 Å². The van der Waals surface area contributed by atoms with E-state index in [1.165, 1.54) is 12.1 Å². The molecule has 0 fully saturated rings. The first-order valence-electron chi connectivity index (χ1n) is 8.61. The monoisotopic (exact) mass is 391 g/mol. The van der Waals surface area contributed by atoms with Crippen LogP contribution in [0.15, 0.2) is 53.4 Å². The molecular weight excluding hydrogens is 366 g/mol. The zero-order chi connectivity index (χ0) is 20.0. The number of nitrogens with zero attached hydrogens (tertiary/aromatic N) is 1. The first-order chi connectivity index (χ1) is 12.8. The quantitative estimate of drug-likeness (QED) is 0.719. The summed E-state index contributed by atoms with van der Waals surface area (Å²) in [7, 11) is -2.05. The topological polar surface area (TPSA) is 102 Å². The van der Waals surface area contributed by atoms with Gasteiger partial charge >= 0.3 is 0 Å². The molecule has 0 aromatic heterocycles. The van der Waals surface area contributed by atoms with Crippen molar-refractivity contribution in [3.8, 4) is 5.75 Å². The summed E-state index contributed by atoms with van der Waals surface area (Å²) >= 11 is 0. The summed E-state index contributed by atoms with van der Waals surface area (Å²) in [5.74, 6) is 0.434. The normalized spacial score (nSPS) is 12.3. The van der Waals surface area contributed by atoms with E-state index in [-0.39, 0.29) is 16.8 Å². The summed E-state index contributed by atoms with van der Waals surface area (Å²) in [5.41, 5.74) is 6.42. The average Bonchev–Trinajstić information content (AvgIpc) is 2.67. The number of amides is 1. The smallest absolute Gasteiger partial charge is 0.261 e. The van der Waals surface area contributed by atoms with Gasteiger partial charge in [0.2, 0.25) is 0 Å². The largest absolute Gasteiger partial charge is 0.494 e. The van der Waals surface area contributed by atoms with Crippen molar-refractivity contribution in [2.75, 3.05) is 24.9 Å². The van der Waals surface area contributed by atoms with E-state index in [0.29, 0.717) is 30.2 Å². The first-order valence-corrected chi connectivity index (χ1v) is 10.1. The van der Waals surface area contributed by atoms with Crippen molar-refractivity contribution in [2.45, 2.75) is 24.8 Å². The van der Waals surface area contributed by atoms with E-state index >= 15 is 0 Å². The highest BCUT2D eigenvalue weighted by Crippen LogP contribution is 2.20. The number of nitrogens with two attached hydrogens (primary N) is 1. The minimum Gasteiger partial charge on any atom is -0.494 e. The summed E-state index contributed by atoms with van der Waals surface area (Å²) < 4.78 is 32.8. The number of anilines is 1. The van der Waals surface area contributed by atoms with E-state index in [2.05, 4.69) is 4.72 Å². The Balaban J connectivity index is 2.12. The lowest BCUT2D eigenvalue weighted by Gasteiger charge is -2.23. The van der Waals surface area contributed by atoms with Gasteiger partial charge in [-0.15, -0.1) is 0 Å². The van der Waals surface area contributed by atoms with Crippen molar-refractivity contribution in [3.05, 3.63) is 54.1 Å². The number of likely N-dealkylation sites (N-methyl/N-ethyl adjacent to an activating group) is 1. The van der Waals surface area contributed by atoms with Crippen LogP contribution in [0.3, 0.4) is 0 Å². The summed E-state index contributed by atoms with van der Waals surface area (Å²) in [6.45, 7) is 4.59. The van der Waals surface area contributed by atoms with Crippen LogP contribution in [0.1, 0.15) is 24.2 Å². The van der Waals surface area contributed by atoms with Crippen LogP contribution in [0.4, 0.5) is 5.69 Å². The predicted molar refractivity (Wildman–Crippen MR) is 105 cm³/mol. The van der Waals surface area contributed by atoms with Gasteiger partial charge < -0.3 is 15.4 Å². The molecule has 3 N–H and O–H groups in total. The molecule has 27 heavy (non-hydrogen) atoms. The number of rotatable bonds is 8. The third-order valence-corrected chi connectivity index (χ3v) is 5.55. The third kappa shape index (κ3) is 5.21. The van der Waals surface area contributed by atoms with Crippen molar-refractivity contribution in [2.24, 2.45) is 5.73 Å². The first kappa shape index (κ1) is 20.7. The maximum absolute atomic E-state index is 12.5. The highest BCUT2D eigenvalue weighted by molar-refractivity contribution is 7.92. The Morgan fingerprint density at radius 3 is 2.26 bits per heavy atom. The second-order valence-electron chi connectivity index (χ2n) is 6.09. The number of benzene rings is 2. The zero-order valence-corrected chi connectivity index (χ0v) is 16.5. The summed E-state index contributed by atoms with van der Waals surface area (Å²) in [5, 5.41) is 0. The minimum absolute atomic E-state index is 0.0876. The van der Waals surface area contributed by atoms with Crippen LogP contribution in [0.2, 0.25) is 0 Å². The van der Waals surface area contributed by atoms with E-state index in [0.717, 1.165) is 0 Å². The molecule has 0 radical (unpaired) electrons. The maximum atomic E-state index is 12.5. The highest BCUT2D eigenvalue weighted by Gasteiger charge is 2.17. The van der Waals surface area contributed by atoms with Gasteiger partial charge in [0.05, 0.1) is 11.5 Å². The number of nitrogens with one attached hydrogen (secondary N) is 1. The number of hydrogen-bond acceptors (Lipinski definition) is 5. The predicted octanol–water partition coefficient (Wildman–Crippen LogP) is 2.31.